The Labute approximate surface area is 158 Å². The molecule has 0 saturated carbocycles. The van der Waals surface area contributed by atoms with Crippen LogP contribution in [0.1, 0.15) is 25.7 Å². The van der Waals surface area contributed by atoms with Crippen LogP contribution in [0.5, 0.6) is 0 Å². The smallest absolute Gasteiger partial charge is 0.227 e. The van der Waals surface area contributed by atoms with Gasteiger partial charge in [-0.3, -0.25) is 4.79 Å². The van der Waals surface area contributed by atoms with Gasteiger partial charge < -0.3 is 15.1 Å². The number of anilines is 3. The van der Waals surface area contributed by atoms with Gasteiger partial charge in [0.1, 0.15) is 11.6 Å². The number of hydrogen-bond acceptors (Lipinski definition) is 5. The molecule has 1 unspecified atom stereocenters. The van der Waals surface area contributed by atoms with E-state index in [4.69, 9.17) is 0 Å². The number of halogens is 1. The molecule has 7 heteroatoms. The lowest BCUT2D eigenvalue weighted by molar-refractivity contribution is -0.134. The van der Waals surface area contributed by atoms with Gasteiger partial charge in [-0.25, -0.2) is 9.37 Å². The summed E-state index contributed by atoms with van der Waals surface area (Å²) in [6.45, 7) is 3.23. The summed E-state index contributed by atoms with van der Waals surface area (Å²) in [5, 5.41) is 3.00. The number of hydrogen-bond donors (Lipinski definition) is 1. The monoisotopic (exact) mass is 369 g/mol. The van der Waals surface area contributed by atoms with Crippen LogP contribution in [0.4, 0.5) is 21.8 Å². The van der Waals surface area contributed by atoms with Crippen molar-refractivity contribution in [2.24, 2.45) is 5.92 Å². The Balaban J connectivity index is 1.46. The van der Waals surface area contributed by atoms with Crippen LogP contribution in [0.2, 0.25) is 0 Å². The van der Waals surface area contributed by atoms with Crippen molar-refractivity contribution in [3.63, 3.8) is 0 Å². The van der Waals surface area contributed by atoms with Crippen molar-refractivity contribution in [3.8, 4) is 0 Å². The summed E-state index contributed by atoms with van der Waals surface area (Å²) in [4.78, 5) is 25.7. The number of nitrogens with one attached hydrogen (secondary N) is 1. The molecule has 0 radical (unpaired) electrons. The number of nitrogens with zero attached hydrogens (tertiary/aromatic N) is 4. The standard InChI is InChI=1S/C20H24FN5O/c21-16-7-1-2-8-17(16)23-18-9-10-22-20(24-18)26-13-5-6-15(14-26)19(27)25-11-3-4-12-25/h1-2,7-10,15H,3-6,11-14H2,(H,22,23,24). The number of carbonyl (C=O) groups is 1. The highest BCUT2D eigenvalue weighted by Gasteiger charge is 2.31. The average Bonchev–Trinajstić information content (AvgIpc) is 3.24. The first-order valence-corrected chi connectivity index (χ1v) is 9.59. The largest absolute Gasteiger partial charge is 0.342 e. The molecular weight excluding hydrogens is 345 g/mol. The third kappa shape index (κ3) is 4.02. The zero-order valence-electron chi connectivity index (χ0n) is 15.3. The Morgan fingerprint density at radius 2 is 1.93 bits per heavy atom. The predicted octanol–water partition coefficient (Wildman–Crippen LogP) is 3.20. The van der Waals surface area contributed by atoms with Gasteiger partial charge in [0, 0.05) is 32.4 Å². The van der Waals surface area contributed by atoms with E-state index in [0.717, 1.165) is 45.3 Å². The minimum absolute atomic E-state index is 0.00336. The van der Waals surface area contributed by atoms with Gasteiger partial charge in [0.05, 0.1) is 11.6 Å². The van der Waals surface area contributed by atoms with Crippen molar-refractivity contribution in [3.05, 3.63) is 42.3 Å². The number of rotatable bonds is 4. The van der Waals surface area contributed by atoms with E-state index in [1.807, 2.05) is 4.90 Å². The molecule has 6 nitrogen and oxygen atoms in total. The second kappa shape index (κ2) is 7.90. The Hall–Kier alpha value is -2.70. The minimum Gasteiger partial charge on any atom is -0.342 e. The lowest BCUT2D eigenvalue weighted by Gasteiger charge is -2.34. The van der Waals surface area contributed by atoms with Crippen molar-refractivity contribution in [1.82, 2.24) is 14.9 Å². The van der Waals surface area contributed by atoms with Crippen molar-refractivity contribution in [1.29, 1.82) is 0 Å². The van der Waals surface area contributed by atoms with Crippen LogP contribution in [-0.4, -0.2) is 47.0 Å². The zero-order chi connectivity index (χ0) is 18.6. The number of piperidine rings is 1. The minimum atomic E-state index is -0.327. The van der Waals surface area contributed by atoms with E-state index in [1.165, 1.54) is 6.07 Å². The van der Waals surface area contributed by atoms with Crippen LogP contribution in [0.15, 0.2) is 36.5 Å². The quantitative estimate of drug-likeness (QED) is 0.897. The summed E-state index contributed by atoms with van der Waals surface area (Å²) < 4.78 is 13.9. The molecule has 0 spiro atoms. The van der Waals surface area contributed by atoms with Crippen LogP contribution < -0.4 is 10.2 Å². The van der Waals surface area contributed by atoms with E-state index in [0.29, 0.717) is 24.0 Å². The fraction of sp³-hybridized carbons (Fsp3) is 0.450. The number of para-hydroxylation sites is 1. The highest BCUT2D eigenvalue weighted by molar-refractivity contribution is 5.80. The van der Waals surface area contributed by atoms with Gasteiger partial charge in [-0.2, -0.15) is 4.98 Å². The molecule has 3 heterocycles. The third-order valence-corrected chi connectivity index (χ3v) is 5.25. The molecule has 1 atom stereocenters. The topological polar surface area (TPSA) is 61.4 Å². The number of carbonyl (C=O) groups excluding carboxylic acids is 1. The SMILES string of the molecule is O=C(C1CCCN(c2nccc(Nc3ccccc3F)n2)C1)N1CCCC1. The molecule has 2 aromatic rings. The Kier molecular flexibility index (Phi) is 5.18. The average molecular weight is 369 g/mol. The summed E-state index contributed by atoms with van der Waals surface area (Å²) in [7, 11) is 0. The molecule has 2 saturated heterocycles. The molecule has 1 aromatic heterocycles. The Bertz CT molecular complexity index is 808. The lowest BCUT2D eigenvalue weighted by atomic mass is 9.97. The first-order valence-electron chi connectivity index (χ1n) is 9.59. The van der Waals surface area contributed by atoms with Gasteiger partial charge in [-0.15, -0.1) is 0 Å². The maximum Gasteiger partial charge on any atom is 0.227 e. The van der Waals surface area contributed by atoms with Crippen LogP contribution >= 0.6 is 0 Å². The first kappa shape index (κ1) is 17.7. The van der Waals surface area contributed by atoms with Gasteiger partial charge in [-0.05, 0) is 43.9 Å². The lowest BCUT2D eigenvalue weighted by Crippen LogP contribution is -2.44. The van der Waals surface area contributed by atoms with E-state index in [1.54, 1.807) is 30.5 Å². The number of likely N-dealkylation sites (tertiary alicyclic amines) is 1. The summed E-state index contributed by atoms with van der Waals surface area (Å²) in [6, 6.07) is 8.21. The van der Waals surface area contributed by atoms with Crippen molar-refractivity contribution >= 4 is 23.4 Å². The van der Waals surface area contributed by atoms with Crippen molar-refractivity contribution in [2.75, 3.05) is 36.4 Å². The van der Waals surface area contributed by atoms with E-state index >= 15 is 0 Å². The summed E-state index contributed by atoms with van der Waals surface area (Å²) >= 11 is 0. The molecule has 142 valence electrons. The molecule has 0 bridgehead atoms. The summed E-state index contributed by atoms with van der Waals surface area (Å²) in [5.74, 6) is 1.06. The molecule has 0 aliphatic carbocycles. The maximum absolute atomic E-state index is 13.9. The first-order chi connectivity index (χ1) is 13.2. The number of aromatic nitrogens is 2. The summed E-state index contributed by atoms with van der Waals surface area (Å²) in [6.07, 6.45) is 5.74. The van der Waals surface area contributed by atoms with Crippen LogP contribution in [-0.2, 0) is 4.79 Å². The van der Waals surface area contributed by atoms with Gasteiger partial charge in [0.25, 0.3) is 0 Å². The molecule has 2 aliphatic rings. The van der Waals surface area contributed by atoms with Crippen molar-refractivity contribution in [2.45, 2.75) is 25.7 Å². The molecule has 2 fully saturated rings. The molecule has 1 N–H and O–H groups in total. The van der Waals surface area contributed by atoms with Gasteiger partial charge >= 0.3 is 0 Å². The second-order valence-electron chi connectivity index (χ2n) is 7.16. The third-order valence-electron chi connectivity index (χ3n) is 5.25. The van der Waals surface area contributed by atoms with Crippen LogP contribution in [0.25, 0.3) is 0 Å². The molecule has 1 amide bonds. The van der Waals surface area contributed by atoms with Crippen LogP contribution in [0.3, 0.4) is 0 Å². The molecule has 1 aromatic carbocycles. The Morgan fingerprint density at radius 1 is 1.11 bits per heavy atom. The summed E-state index contributed by atoms with van der Waals surface area (Å²) in [5.41, 5.74) is 0.378. The fourth-order valence-corrected chi connectivity index (χ4v) is 3.83. The highest BCUT2D eigenvalue weighted by atomic mass is 19.1. The zero-order valence-corrected chi connectivity index (χ0v) is 15.3. The fourth-order valence-electron chi connectivity index (χ4n) is 3.83. The van der Waals surface area contributed by atoms with Gasteiger partial charge in [-0.1, -0.05) is 12.1 Å². The van der Waals surface area contributed by atoms with Crippen LogP contribution in [0, 0.1) is 11.7 Å². The highest BCUT2D eigenvalue weighted by Crippen LogP contribution is 2.25. The van der Waals surface area contributed by atoms with Gasteiger partial charge in [0.15, 0.2) is 0 Å². The Morgan fingerprint density at radius 3 is 2.74 bits per heavy atom. The van der Waals surface area contributed by atoms with E-state index < -0.39 is 0 Å². The van der Waals surface area contributed by atoms with Gasteiger partial charge in [0.2, 0.25) is 11.9 Å². The molecular formula is C20H24FN5O. The number of amides is 1. The molecule has 2 aliphatic heterocycles. The molecule has 4 rings (SSSR count). The predicted molar refractivity (Wildman–Crippen MR) is 102 cm³/mol. The van der Waals surface area contributed by atoms with E-state index in [9.17, 15) is 9.18 Å². The number of benzene rings is 1. The van der Waals surface area contributed by atoms with E-state index in [2.05, 4.69) is 20.2 Å². The van der Waals surface area contributed by atoms with Crippen molar-refractivity contribution < 1.29 is 9.18 Å². The second-order valence-corrected chi connectivity index (χ2v) is 7.16. The maximum atomic E-state index is 13.9. The normalized spacial score (nSPS) is 20.0. The molecule has 27 heavy (non-hydrogen) atoms. The van der Waals surface area contributed by atoms with E-state index in [-0.39, 0.29) is 17.6 Å².